The van der Waals surface area contributed by atoms with Crippen LogP contribution in [0.4, 0.5) is 5.69 Å². The number of aliphatic hydroxyl groups excluding tert-OH is 1. The van der Waals surface area contributed by atoms with Crippen LogP contribution in [0, 0.1) is 0 Å². The second kappa shape index (κ2) is 4.42. The van der Waals surface area contributed by atoms with Gasteiger partial charge in [-0.25, -0.2) is 0 Å². The van der Waals surface area contributed by atoms with Gasteiger partial charge < -0.3 is 10.4 Å². The SMILES string of the molecule is O=C1Cc2cc(CCNCO)ccc2N1. The van der Waals surface area contributed by atoms with Gasteiger partial charge in [-0.1, -0.05) is 12.1 Å². The lowest BCUT2D eigenvalue weighted by Gasteiger charge is -2.04. The molecule has 0 saturated heterocycles. The maximum Gasteiger partial charge on any atom is 0.228 e. The quantitative estimate of drug-likeness (QED) is 0.489. The van der Waals surface area contributed by atoms with Crippen molar-refractivity contribution in [2.24, 2.45) is 0 Å². The van der Waals surface area contributed by atoms with E-state index in [1.165, 1.54) is 5.56 Å². The minimum absolute atomic E-state index is 0.00494. The molecule has 4 heteroatoms. The molecule has 1 aromatic rings. The molecular formula is C11H14N2O2. The molecule has 0 aliphatic carbocycles. The van der Waals surface area contributed by atoms with Crippen molar-refractivity contribution in [3.05, 3.63) is 29.3 Å². The van der Waals surface area contributed by atoms with Gasteiger partial charge in [0, 0.05) is 12.2 Å². The van der Waals surface area contributed by atoms with E-state index < -0.39 is 0 Å². The van der Waals surface area contributed by atoms with E-state index in [4.69, 9.17) is 5.11 Å². The molecule has 4 nitrogen and oxygen atoms in total. The highest BCUT2D eigenvalue weighted by Gasteiger charge is 2.16. The fraction of sp³-hybridized carbons (Fsp3) is 0.364. The van der Waals surface area contributed by atoms with Crippen LogP contribution in [0.3, 0.4) is 0 Å². The first-order valence-electron chi connectivity index (χ1n) is 5.03. The normalized spacial score (nSPS) is 13.8. The predicted molar refractivity (Wildman–Crippen MR) is 57.6 cm³/mol. The third-order valence-corrected chi connectivity index (χ3v) is 2.50. The molecule has 0 bridgehead atoms. The van der Waals surface area contributed by atoms with Crippen LogP contribution in [0.15, 0.2) is 18.2 Å². The van der Waals surface area contributed by atoms with Crippen molar-refractivity contribution in [3.63, 3.8) is 0 Å². The molecule has 0 unspecified atom stereocenters. The summed E-state index contributed by atoms with van der Waals surface area (Å²) in [5.74, 6) is 0.0654. The summed E-state index contributed by atoms with van der Waals surface area (Å²) in [5.41, 5.74) is 3.19. The number of hydrogen-bond donors (Lipinski definition) is 3. The molecule has 2 rings (SSSR count). The molecule has 0 aromatic heterocycles. The van der Waals surface area contributed by atoms with Crippen LogP contribution in [0.25, 0.3) is 0 Å². The lowest BCUT2D eigenvalue weighted by molar-refractivity contribution is -0.115. The van der Waals surface area contributed by atoms with Crippen molar-refractivity contribution in [2.45, 2.75) is 12.8 Å². The zero-order valence-electron chi connectivity index (χ0n) is 8.42. The van der Waals surface area contributed by atoms with Gasteiger partial charge in [-0.2, -0.15) is 0 Å². The minimum Gasteiger partial charge on any atom is -0.381 e. The van der Waals surface area contributed by atoms with E-state index in [0.29, 0.717) is 6.42 Å². The van der Waals surface area contributed by atoms with Gasteiger partial charge >= 0.3 is 0 Å². The molecule has 15 heavy (non-hydrogen) atoms. The van der Waals surface area contributed by atoms with Crippen molar-refractivity contribution >= 4 is 11.6 Å². The Morgan fingerprint density at radius 3 is 3.13 bits per heavy atom. The number of benzene rings is 1. The van der Waals surface area contributed by atoms with E-state index in [2.05, 4.69) is 10.6 Å². The number of hydrogen-bond acceptors (Lipinski definition) is 3. The van der Waals surface area contributed by atoms with Gasteiger partial charge in [-0.05, 0) is 23.6 Å². The standard InChI is InChI=1S/C11H14N2O2/c14-7-12-4-3-8-1-2-10-9(5-8)6-11(15)13-10/h1-2,5,12,14H,3-4,6-7H2,(H,13,15). The largest absolute Gasteiger partial charge is 0.381 e. The van der Waals surface area contributed by atoms with E-state index in [1.54, 1.807) is 0 Å². The van der Waals surface area contributed by atoms with E-state index >= 15 is 0 Å². The van der Waals surface area contributed by atoms with E-state index in [1.807, 2.05) is 18.2 Å². The highest BCUT2D eigenvalue weighted by atomic mass is 16.3. The summed E-state index contributed by atoms with van der Waals surface area (Å²) in [6, 6.07) is 5.99. The van der Waals surface area contributed by atoms with Crippen LogP contribution in [0.1, 0.15) is 11.1 Å². The summed E-state index contributed by atoms with van der Waals surface area (Å²) in [6.45, 7) is 0.752. The Kier molecular flexibility index (Phi) is 2.99. The molecule has 1 aromatic carbocycles. The number of carbonyl (C=O) groups is 1. The number of carbonyl (C=O) groups excluding carboxylic acids is 1. The maximum absolute atomic E-state index is 11.1. The van der Waals surface area contributed by atoms with Gasteiger partial charge in [0.05, 0.1) is 13.2 Å². The van der Waals surface area contributed by atoms with Crippen molar-refractivity contribution in [3.8, 4) is 0 Å². The van der Waals surface area contributed by atoms with Gasteiger partial charge in [-0.15, -0.1) is 0 Å². The van der Waals surface area contributed by atoms with Crippen molar-refractivity contribution in [1.29, 1.82) is 0 Å². The molecule has 80 valence electrons. The van der Waals surface area contributed by atoms with Crippen LogP contribution >= 0.6 is 0 Å². The number of anilines is 1. The molecule has 0 radical (unpaired) electrons. The summed E-state index contributed by atoms with van der Waals surface area (Å²) < 4.78 is 0. The third-order valence-electron chi connectivity index (χ3n) is 2.50. The Hall–Kier alpha value is -1.39. The Morgan fingerprint density at radius 1 is 1.47 bits per heavy atom. The molecular weight excluding hydrogens is 192 g/mol. The predicted octanol–water partition coefficient (Wildman–Crippen LogP) is 0.263. The van der Waals surface area contributed by atoms with Gasteiger partial charge in [0.25, 0.3) is 0 Å². The summed E-state index contributed by atoms with van der Waals surface area (Å²) in [5, 5.41) is 14.2. The molecule has 0 fully saturated rings. The summed E-state index contributed by atoms with van der Waals surface area (Å²) in [6.07, 6.45) is 1.35. The topological polar surface area (TPSA) is 61.4 Å². The first-order chi connectivity index (χ1) is 7.29. The summed E-state index contributed by atoms with van der Waals surface area (Å²) in [7, 11) is 0. The zero-order valence-corrected chi connectivity index (χ0v) is 8.42. The number of aliphatic hydroxyl groups is 1. The molecule has 0 atom stereocenters. The highest BCUT2D eigenvalue weighted by molar-refractivity contribution is 5.99. The Balaban J connectivity index is 2.03. The summed E-state index contributed by atoms with van der Waals surface area (Å²) in [4.78, 5) is 11.1. The van der Waals surface area contributed by atoms with Crippen molar-refractivity contribution in [1.82, 2.24) is 5.32 Å². The Morgan fingerprint density at radius 2 is 2.33 bits per heavy atom. The molecule has 0 spiro atoms. The smallest absolute Gasteiger partial charge is 0.228 e. The van der Waals surface area contributed by atoms with Crippen LogP contribution in [0.2, 0.25) is 0 Å². The average Bonchev–Trinajstić information content (AvgIpc) is 2.57. The zero-order chi connectivity index (χ0) is 10.7. The second-order valence-electron chi connectivity index (χ2n) is 3.62. The second-order valence-corrected chi connectivity index (χ2v) is 3.62. The number of fused-ring (bicyclic) bond motifs is 1. The lowest BCUT2D eigenvalue weighted by Crippen LogP contribution is -2.17. The molecule has 1 heterocycles. The highest BCUT2D eigenvalue weighted by Crippen LogP contribution is 2.23. The molecule has 1 amide bonds. The fourth-order valence-electron chi connectivity index (χ4n) is 1.75. The van der Waals surface area contributed by atoms with Crippen LogP contribution in [-0.4, -0.2) is 24.3 Å². The molecule has 0 saturated carbocycles. The number of amides is 1. The average molecular weight is 206 g/mol. The molecule has 1 aliphatic heterocycles. The third kappa shape index (κ3) is 2.34. The number of rotatable bonds is 4. The van der Waals surface area contributed by atoms with Crippen LogP contribution in [-0.2, 0) is 17.6 Å². The van der Waals surface area contributed by atoms with Crippen molar-refractivity contribution < 1.29 is 9.90 Å². The van der Waals surface area contributed by atoms with Gasteiger partial charge in [0.2, 0.25) is 5.91 Å². The maximum atomic E-state index is 11.1. The van der Waals surface area contributed by atoms with Gasteiger partial charge in [0.15, 0.2) is 0 Å². The minimum atomic E-state index is 0.00494. The van der Waals surface area contributed by atoms with E-state index in [-0.39, 0.29) is 12.6 Å². The van der Waals surface area contributed by atoms with Crippen LogP contribution < -0.4 is 10.6 Å². The number of nitrogens with one attached hydrogen (secondary N) is 2. The Bertz CT molecular complexity index is 377. The fourth-order valence-corrected chi connectivity index (χ4v) is 1.75. The first kappa shape index (κ1) is 10.1. The monoisotopic (exact) mass is 206 g/mol. The van der Waals surface area contributed by atoms with E-state index in [0.717, 1.165) is 24.2 Å². The van der Waals surface area contributed by atoms with Gasteiger partial charge in [0.1, 0.15) is 0 Å². The first-order valence-corrected chi connectivity index (χ1v) is 5.03. The molecule has 3 N–H and O–H groups in total. The van der Waals surface area contributed by atoms with E-state index in [9.17, 15) is 4.79 Å². The molecule has 1 aliphatic rings. The Labute approximate surface area is 88.3 Å². The van der Waals surface area contributed by atoms with Gasteiger partial charge in [-0.3, -0.25) is 10.1 Å². The van der Waals surface area contributed by atoms with Crippen LogP contribution in [0.5, 0.6) is 0 Å². The lowest BCUT2D eigenvalue weighted by atomic mass is 10.1. The summed E-state index contributed by atoms with van der Waals surface area (Å²) >= 11 is 0. The van der Waals surface area contributed by atoms with Crippen molar-refractivity contribution in [2.75, 3.05) is 18.6 Å².